The zero-order valence-corrected chi connectivity index (χ0v) is 16.0. The second-order valence-electron chi connectivity index (χ2n) is 7.20. The highest BCUT2D eigenvalue weighted by molar-refractivity contribution is 6.27. The van der Waals surface area contributed by atoms with Crippen LogP contribution in [0.15, 0.2) is 64.7 Å². The van der Waals surface area contributed by atoms with Crippen LogP contribution in [0.25, 0.3) is 0 Å². The Bertz CT molecular complexity index is 1420. The van der Waals surface area contributed by atoms with Gasteiger partial charge in [-0.05, 0) is 12.5 Å². The van der Waals surface area contributed by atoms with Gasteiger partial charge in [-0.3, -0.25) is 24.5 Å². The first-order valence-corrected chi connectivity index (χ1v) is 9.32. The van der Waals surface area contributed by atoms with Crippen molar-refractivity contribution in [1.82, 2.24) is 9.97 Å². The van der Waals surface area contributed by atoms with E-state index in [2.05, 4.69) is 9.97 Å². The van der Waals surface area contributed by atoms with Gasteiger partial charge in [0.15, 0.2) is 11.5 Å². The minimum absolute atomic E-state index is 0.0189. The third kappa shape index (κ3) is 2.71. The highest BCUT2D eigenvalue weighted by Crippen LogP contribution is 2.45. The summed E-state index contributed by atoms with van der Waals surface area (Å²) in [4.78, 5) is 57.0. The Kier molecular flexibility index (Phi) is 3.94. The molecule has 31 heavy (non-hydrogen) atoms. The van der Waals surface area contributed by atoms with Crippen molar-refractivity contribution in [2.45, 2.75) is 12.8 Å². The van der Waals surface area contributed by atoms with Crippen LogP contribution in [-0.4, -0.2) is 26.5 Å². The van der Waals surface area contributed by atoms with Crippen molar-refractivity contribution in [3.8, 4) is 5.88 Å². The fourth-order valence-corrected chi connectivity index (χ4v) is 4.03. The number of aryl methyl sites for hydroxylation is 1. The number of rotatable bonds is 2. The highest BCUT2D eigenvalue weighted by atomic mass is 16.6. The van der Waals surface area contributed by atoms with Gasteiger partial charge >= 0.3 is 0 Å². The number of aromatic nitrogens is 2. The van der Waals surface area contributed by atoms with E-state index in [0.29, 0.717) is 5.56 Å². The first kappa shape index (κ1) is 18.6. The van der Waals surface area contributed by atoms with Crippen LogP contribution in [0.4, 0.5) is 5.69 Å². The summed E-state index contributed by atoms with van der Waals surface area (Å²) in [6.07, 6.45) is 0. The molecule has 1 aromatic heterocycles. The maximum Gasteiger partial charge on any atom is 0.269 e. The lowest BCUT2D eigenvalue weighted by molar-refractivity contribution is -0.384. The number of nitro benzene ring substituents is 1. The number of carbonyl (C=O) groups is 2. The number of aromatic amines is 1. The molecule has 1 unspecified atom stereocenters. The molecule has 152 valence electrons. The summed E-state index contributed by atoms with van der Waals surface area (Å²) < 4.78 is 5.71. The van der Waals surface area contributed by atoms with Gasteiger partial charge in [-0.2, -0.15) is 4.98 Å². The zero-order valence-electron chi connectivity index (χ0n) is 16.0. The van der Waals surface area contributed by atoms with E-state index in [1.165, 1.54) is 30.3 Å². The minimum atomic E-state index is -1.06. The topological polar surface area (TPSA) is 132 Å². The Morgan fingerprint density at radius 1 is 1.03 bits per heavy atom. The number of hydrogen-bond donors (Lipinski definition) is 1. The molecule has 1 N–H and O–H groups in total. The first-order chi connectivity index (χ1) is 14.9. The largest absolute Gasteiger partial charge is 0.434 e. The molecule has 9 heteroatoms. The quantitative estimate of drug-likeness (QED) is 0.503. The Labute approximate surface area is 174 Å². The van der Waals surface area contributed by atoms with Gasteiger partial charge < -0.3 is 9.72 Å². The molecule has 2 heterocycles. The maximum absolute atomic E-state index is 13.4. The summed E-state index contributed by atoms with van der Waals surface area (Å²) in [5, 5.41) is 11.3. The number of nitrogens with zero attached hydrogens (tertiary/aromatic N) is 2. The average molecular weight is 415 g/mol. The predicted molar refractivity (Wildman–Crippen MR) is 107 cm³/mol. The van der Waals surface area contributed by atoms with E-state index < -0.39 is 28.0 Å². The summed E-state index contributed by atoms with van der Waals surface area (Å²) in [7, 11) is 0. The number of non-ortho nitro benzene ring substituents is 1. The summed E-state index contributed by atoms with van der Waals surface area (Å²) in [5.74, 6) is -2.10. The van der Waals surface area contributed by atoms with E-state index in [4.69, 9.17) is 4.74 Å². The number of fused-ring (bicyclic) bond motifs is 2. The number of benzene rings is 2. The number of Topliss-reactive ketones (excluding diaryl/α,β-unsaturated/α-hetero) is 2. The van der Waals surface area contributed by atoms with E-state index in [0.717, 1.165) is 0 Å². The van der Waals surface area contributed by atoms with Crippen LogP contribution in [0.3, 0.4) is 0 Å². The van der Waals surface area contributed by atoms with Gasteiger partial charge in [0, 0.05) is 23.3 Å². The fraction of sp³-hybridized carbons (Fsp3) is 0.0909. The van der Waals surface area contributed by atoms with Gasteiger partial charge in [0.25, 0.3) is 11.2 Å². The number of carbonyl (C=O) groups excluding carboxylic acids is 2. The molecule has 2 aliphatic rings. The molecule has 2 aromatic carbocycles. The molecule has 1 aliphatic carbocycles. The molecule has 0 amide bonds. The van der Waals surface area contributed by atoms with Crippen LogP contribution in [0.5, 0.6) is 5.88 Å². The lowest BCUT2D eigenvalue weighted by atomic mass is 9.75. The van der Waals surface area contributed by atoms with Crippen LogP contribution >= 0.6 is 0 Å². The molecule has 0 saturated heterocycles. The number of ether oxygens (including phenoxy) is 1. The Morgan fingerprint density at radius 2 is 1.74 bits per heavy atom. The monoisotopic (exact) mass is 415 g/mol. The van der Waals surface area contributed by atoms with E-state index >= 15 is 0 Å². The van der Waals surface area contributed by atoms with Gasteiger partial charge in [-0.1, -0.05) is 36.4 Å². The van der Waals surface area contributed by atoms with Crippen LogP contribution in [0.2, 0.25) is 0 Å². The molecular formula is C22H13N3O6. The van der Waals surface area contributed by atoms with E-state index in [-0.39, 0.29) is 45.4 Å². The SMILES string of the molecule is Cc1nc2c(c(=O)[nH]1)C(c1cccc([N+](=O)[O-])c1)C1=C(O2)C(=O)c2ccccc2C1=O. The van der Waals surface area contributed by atoms with Crippen molar-refractivity contribution in [3.63, 3.8) is 0 Å². The summed E-state index contributed by atoms with van der Waals surface area (Å²) in [6, 6.07) is 11.9. The average Bonchev–Trinajstić information content (AvgIpc) is 2.76. The van der Waals surface area contributed by atoms with Crippen LogP contribution in [0.1, 0.15) is 43.6 Å². The number of nitro groups is 1. The van der Waals surface area contributed by atoms with Crippen molar-refractivity contribution < 1.29 is 19.2 Å². The Balaban J connectivity index is 1.83. The van der Waals surface area contributed by atoms with E-state index in [1.807, 2.05) is 0 Å². The van der Waals surface area contributed by atoms with Gasteiger partial charge in [0.05, 0.1) is 22.0 Å². The fourth-order valence-electron chi connectivity index (χ4n) is 4.03. The molecule has 0 fully saturated rings. The van der Waals surface area contributed by atoms with Gasteiger partial charge in [0.2, 0.25) is 11.7 Å². The lowest BCUT2D eigenvalue weighted by Crippen LogP contribution is -2.35. The summed E-state index contributed by atoms with van der Waals surface area (Å²) in [6.45, 7) is 1.56. The lowest BCUT2D eigenvalue weighted by Gasteiger charge is -2.31. The third-order valence-electron chi connectivity index (χ3n) is 5.34. The van der Waals surface area contributed by atoms with Crippen molar-refractivity contribution in [2.24, 2.45) is 0 Å². The highest BCUT2D eigenvalue weighted by Gasteiger charge is 2.44. The summed E-state index contributed by atoms with van der Waals surface area (Å²) >= 11 is 0. The van der Waals surface area contributed by atoms with Crippen LogP contribution < -0.4 is 10.3 Å². The van der Waals surface area contributed by atoms with Crippen LogP contribution in [0, 0.1) is 17.0 Å². The molecule has 0 bridgehead atoms. The van der Waals surface area contributed by atoms with Crippen molar-refractivity contribution >= 4 is 17.3 Å². The number of H-pyrrole nitrogens is 1. The minimum Gasteiger partial charge on any atom is -0.434 e. The van der Waals surface area contributed by atoms with E-state index in [1.54, 1.807) is 25.1 Å². The molecule has 1 aliphatic heterocycles. The predicted octanol–water partition coefficient (Wildman–Crippen LogP) is 2.84. The zero-order chi connectivity index (χ0) is 21.9. The second-order valence-corrected chi connectivity index (χ2v) is 7.20. The van der Waals surface area contributed by atoms with Crippen LogP contribution in [-0.2, 0) is 0 Å². The van der Waals surface area contributed by atoms with Gasteiger partial charge in [-0.25, -0.2) is 0 Å². The number of nitrogens with one attached hydrogen (secondary N) is 1. The normalized spacial score (nSPS) is 16.9. The number of ketones is 2. The standard InChI is InChI=1S/C22H13N3O6/c1-10-23-21(28)17-15(11-5-4-6-12(9-11)25(29)30)16-18(26)13-7-2-3-8-14(13)19(27)20(16)31-22(17)24-10/h2-9,15H,1H3,(H,23,24,28). The molecule has 3 aromatic rings. The molecule has 1 atom stereocenters. The first-order valence-electron chi connectivity index (χ1n) is 9.32. The smallest absolute Gasteiger partial charge is 0.269 e. The van der Waals surface area contributed by atoms with Crippen molar-refractivity contribution in [1.29, 1.82) is 0 Å². The number of hydrogen-bond acceptors (Lipinski definition) is 7. The molecule has 5 rings (SSSR count). The Hall–Kier alpha value is -4.40. The molecule has 0 spiro atoms. The van der Waals surface area contributed by atoms with Gasteiger partial charge in [0.1, 0.15) is 5.82 Å². The molecular weight excluding hydrogens is 402 g/mol. The number of allylic oxidation sites excluding steroid dienone is 2. The maximum atomic E-state index is 13.4. The van der Waals surface area contributed by atoms with Gasteiger partial charge in [-0.15, -0.1) is 0 Å². The van der Waals surface area contributed by atoms with Crippen molar-refractivity contribution in [2.75, 3.05) is 0 Å². The third-order valence-corrected chi connectivity index (χ3v) is 5.34. The Morgan fingerprint density at radius 3 is 2.45 bits per heavy atom. The van der Waals surface area contributed by atoms with E-state index in [9.17, 15) is 24.5 Å². The van der Waals surface area contributed by atoms with Crippen molar-refractivity contribution in [3.05, 3.63) is 108 Å². The molecule has 0 saturated carbocycles. The molecule has 0 radical (unpaired) electrons. The summed E-state index contributed by atoms with van der Waals surface area (Å²) in [5.41, 5.74) is -0.0933. The molecule has 9 nitrogen and oxygen atoms in total. The second kappa shape index (κ2) is 6.56.